The molecule has 2 aliphatic heterocycles. The van der Waals surface area contributed by atoms with E-state index in [9.17, 15) is 13.6 Å². The predicted octanol–water partition coefficient (Wildman–Crippen LogP) is 2.96. The lowest BCUT2D eigenvalue weighted by Crippen LogP contribution is -2.43. The summed E-state index contributed by atoms with van der Waals surface area (Å²) in [6.07, 6.45) is 6.32. The van der Waals surface area contributed by atoms with E-state index in [2.05, 4.69) is 37.1 Å². The number of carbonyl (C=O) groups excluding carboxylic acids is 1. The van der Waals surface area contributed by atoms with Gasteiger partial charge in [0.25, 0.3) is 0 Å². The van der Waals surface area contributed by atoms with Crippen LogP contribution in [0.3, 0.4) is 0 Å². The number of fused-ring (bicyclic) bond motifs is 1. The van der Waals surface area contributed by atoms with Crippen molar-refractivity contribution < 1.29 is 13.6 Å². The molecule has 3 aromatic rings. The van der Waals surface area contributed by atoms with E-state index in [1.165, 1.54) is 24.2 Å². The summed E-state index contributed by atoms with van der Waals surface area (Å²) < 4.78 is 29.3. The number of nitrogens with one attached hydrogen (secondary N) is 1. The zero-order valence-corrected chi connectivity index (χ0v) is 18.8. The minimum Gasteiger partial charge on any atom is -0.353 e. The van der Waals surface area contributed by atoms with Gasteiger partial charge in [0.1, 0.15) is 5.82 Å². The first-order chi connectivity index (χ1) is 15.7. The van der Waals surface area contributed by atoms with Gasteiger partial charge in [0.2, 0.25) is 11.7 Å². The molecular weight excluding hydrogens is 430 g/mol. The van der Waals surface area contributed by atoms with Crippen LogP contribution in [0.4, 0.5) is 20.4 Å². The van der Waals surface area contributed by atoms with Gasteiger partial charge in [-0.15, -0.1) is 5.10 Å². The van der Waals surface area contributed by atoms with Gasteiger partial charge in [-0.25, -0.2) is 19.6 Å². The SMILES string of the molecule is CC(=O)Nc1cc2c(cn1)c(N1CCC3(CCCN3C)C1)nn2-c1ccnc(C(C)(F)F)n1. The molecule has 1 unspecified atom stereocenters. The normalized spacial score (nSPS) is 21.4. The first kappa shape index (κ1) is 21.6. The molecule has 3 aromatic heterocycles. The molecule has 174 valence electrons. The number of hydrogen-bond donors (Lipinski definition) is 1. The number of likely N-dealkylation sites (N-methyl/N-ethyl adjacent to an activating group) is 1. The summed E-state index contributed by atoms with van der Waals surface area (Å²) in [5, 5.41) is 8.24. The third-order valence-electron chi connectivity index (χ3n) is 6.68. The van der Waals surface area contributed by atoms with Gasteiger partial charge in [-0.1, -0.05) is 0 Å². The first-order valence-corrected chi connectivity index (χ1v) is 11.0. The van der Waals surface area contributed by atoms with Gasteiger partial charge in [0, 0.05) is 57.0 Å². The Balaban J connectivity index is 1.62. The molecule has 33 heavy (non-hydrogen) atoms. The average Bonchev–Trinajstić information content (AvgIpc) is 3.45. The van der Waals surface area contributed by atoms with Crippen LogP contribution in [-0.2, 0) is 10.7 Å². The molecule has 1 amide bonds. The molecule has 9 nitrogen and oxygen atoms in total. The van der Waals surface area contributed by atoms with Crippen LogP contribution in [0.5, 0.6) is 0 Å². The van der Waals surface area contributed by atoms with Gasteiger partial charge in [0.05, 0.1) is 10.9 Å². The van der Waals surface area contributed by atoms with Crippen molar-refractivity contribution in [1.29, 1.82) is 0 Å². The van der Waals surface area contributed by atoms with Gasteiger partial charge in [-0.05, 0) is 32.9 Å². The number of halogens is 2. The second kappa shape index (κ2) is 7.68. The van der Waals surface area contributed by atoms with Gasteiger partial charge in [-0.2, -0.15) is 8.78 Å². The molecule has 0 bridgehead atoms. The summed E-state index contributed by atoms with van der Waals surface area (Å²) in [5.74, 6) is -2.70. The zero-order chi connectivity index (χ0) is 23.4. The second-order valence-electron chi connectivity index (χ2n) is 9.05. The Labute approximate surface area is 189 Å². The molecule has 0 aromatic carbocycles. The van der Waals surface area contributed by atoms with E-state index in [-0.39, 0.29) is 17.3 Å². The topological polar surface area (TPSA) is 92.1 Å². The summed E-state index contributed by atoms with van der Waals surface area (Å²) >= 11 is 0. The molecule has 1 spiro atoms. The maximum Gasteiger partial charge on any atom is 0.303 e. The molecule has 11 heteroatoms. The number of alkyl halides is 2. The number of carbonyl (C=O) groups is 1. The highest BCUT2D eigenvalue weighted by Gasteiger charge is 2.45. The molecular formula is C22H26F2N8O. The van der Waals surface area contributed by atoms with Crippen molar-refractivity contribution in [2.45, 2.75) is 44.6 Å². The Morgan fingerprint density at radius 1 is 1.24 bits per heavy atom. The third-order valence-corrected chi connectivity index (χ3v) is 6.68. The van der Waals surface area contributed by atoms with Crippen molar-refractivity contribution in [3.05, 3.63) is 30.4 Å². The fraction of sp³-hybridized carbons (Fsp3) is 0.500. The Morgan fingerprint density at radius 2 is 2.06 bits per heavy atom. The van der Waals surface area contributed by atoms with Crippen LogP contribution in [-0.4, -0.2) is 67.8 Å². The van der Waals surface area contributed by atoms with Crippen molar-refractivity contribution >= 4 is 28.4 Å². The molecule has 0 radical (unpaired) electrons. The van der Waals surface area contributed by atoms with Crippen molar-refractivity contribution in [1.82, 2.24) is 29.6 Å². The number of anilines is 2. The Bertz CT molecular complexity index is 1220. The average molecular weight is 457 g/mol. The number of amides is 1. The molecule has 5 rings (SSSR count). The monoisotopic (exact) mass is 456 g/mol. The first-order valence-electron chi connectivity index (χ1n) is 11.0. The summed E-state index contributed by atoms with van der Waals surface area (Å²) in [7, 11) is 2.17. The Morgan fingerprint density at radius 3 is 2.76 bits per heavy atom. The second-order valence-corrected chi connectivity index (χ2v) is 9.05. The number of nitrogens with zero attached hydrogens (tertiary/aromatic N) is 7. The smallest absolute Gasteiger partial charge is 0.303 e. The highest BCUT2D eigenvalue weighted by molar-refractivity contribution is 5.95. The number of aromatic nitrogens is 5. The fourth-order valence-corrected chi connectivity index (χ4v) is 4.96. The fourth-order valence-electron chi connectivity index (χ4n) is 4.96. The van der Waals surface area contributed by atoms with Crippen LogP contribution in [0.1, 0.15) is 38.9 Å². The van der Waals surface area contributed by atoms with Crippen LogP contribution < -0.4 is 10.2 Å². The lowest BCUT2D eigenvalue weighted by atomic mass is 9.96. The number of likely N-dealkylation sites (tertiary alicyclic amines) is 1. The maximum absolute atomic E-state index is 13.9. The van der Waals surface area contributed by atoms with Crippen molar-refractivity contribution in [3.8, 4) is 5.82 Å². The number of hydrogen-bond acceptors (Lipinski definition) is 7. The van der Waals surface area contributed by atoms with Gasteiger partial charge >= 0.3 is 5.92 Å². The minimum atomic E-state index is -3.18. The molecule has 2 saturated heterocycles. The van der Waals surface area contributed by atoms with E-state index < -0.39 is 11.7 Å². The molecule has 1 atom stereocenters. The quantitative estimate of drug-likeness (QED) is 0.645. The summed E-state index contributed by atoms with van der Waals surface area (Å²) in [4.78, 5) is 28.4. The van der Waals surface area contributed by atoms with Crippen LogP contribution in [0.15, 0.2) is 24.5 Å². The van der Waals surface area contributed by atoms with E-state index >= 15 is 0 Å². The van der Waals surface area contributed by atoms with E-state index in [4.69, 9.17) is 5.10 Å². The summed E-state index contributed by atoms with van der Waals surface area (Å²) in [6, 6.07) is 3.23. The van der Waals surface area contributed by atoms with Crippen LogP contribution in [0, 0.1) is 0 Å². The summed E-state index contributed by atoms with van der Waals surface area (Å²) in [5.41, 5.74) is 0.750. The van der Waals surface area contributed by atoms with E-state index in [0.717, 1.165) is 50.6 Å². The van der Waals surface area contributed by atoms with E-state index in [1.54, 1.807) is 18.3 Å². The molecule has 0 saturated carbocycles. The van der Waals surface area contributed by atoms with Crippen LogP contribution in [0.2, 0.25) is 0 Å². The van der Waals surface area contributed by atoms with Crippen molar-refractivity contribution in [3.63, 3.8) is 0 Å². The van der Waals surface area contributed by atoms with Gasteiger partial charge in [0.15, 0.2) is 11.6 Å². The number of pyridine rings is 1. The molecule has 2 fully saturated rings. The van der Waals surface area contributed by atoms with Crippen molar-refractivity contribution in [2.75, 3.05) is 36.9 Å². The van der Waals surface area contributed by atoms with E-state index in [1.807, 2.05) is 0 Å². The van der Waals surface area contributed by atoms with Crippen molar-refractivity contribution in [2.24, 2.45) is 0 Å². The minimum absolute atomic E-state index is 0.131. The lowest BCUT2D eigenvalue weighted by molar-refractivity contribution is -0.114. The molecule has 5 heterocycles. The standard InChI is InChI=1S/C22H26F2N8O/c1-14(33)27-17-11-16-15(12-26-17)19(31-10-7-22(13-31)6-4-9-30(22)3)29-32(16)18-5-8-25-20(28-18)21(2,23)24/h5,8,11-12H,4,6-7,9-10,13H2,1-3H3,(H,26,27,33). The van der Waals surface area contributed by atoms with Gasteiger partial charge < -0.3 is 10.2 Å². The number of rotatable bonds is 4. The highest BCUT2D eigenvalue weighted by atomic mass is 19.3. The molecule has 1 N–H and O–H groups in total. The zero-order valence-electron chi connectivity index (χ0n) is 18.8. The highest BCUT2D eigenvalue weighted by Crippen LogP contribution is 2.40. The van der Waals surface area contributed by atoms with Crippen LogP contribution >= 0.6 is 0 Å². The maximum atomic E-state index is 13.9. The largest absolute Gasteiger partial charge is 0.353 e. The Kier molecular flexibility index (Phi) is 5.04. The predicted molar refractivity (Wildman–Crippen MR) is 120 cm³/mol. The molecule has 2 aliphatic rings. The van der Waals surface area contributed by atoms with E-state index in [0.29, 0.717) is 11.3 Å². The lowest BCUT2D eigenvalue weighted by Gasteiger charge is -2.31. The molecule has 0 aliphatic carbocycles. The Hall–Kier alpha value is -3.21. The van der Waals surface area contributed by atoms with Gasteiger partial charge in [-0.3, -0.25) is 9.69 Å². The van der Waals surface area contributed by atoms with Crippen LogP contribution in [0.25, 0.3) is 16.7 Å². The third kappa shape index (κ3) is 3.79. The summed E-state index contributed by atoms with van der Waals surface area (Å²) in [6.45, 7) is 4.92.